The molecule has 2 amide bonds. The van der Waals surface area contributed by atoms with Crippen LogP contribution in [-0.4, -0.2) is 52.4 Å². The molecule has 1 fully saturated rings. The number of hydrogen-bond donors (Lipinski definition) is 3. The third-order valence-electron chi connectivity index (χ3n) is 5.08. The quantitative estimate of drug-likeness (QED) is 0.752. The second-order valence-corrected chi connectivity index (χ2v) is 7.28. The van der Waals surface area contributed by atoms with Crippen molar-refractivity contribution in [1.29, 1.82) is 0 Å². The number of amides is 2. The molecule has 2 aromatic rings. The van der Waals surface area contributed by atoms with E-state index < -0.39 is 6.04 Å². The van der Waals surface area contributed by atoms with Gasteiger partial charge in [0.05, 0.1) is 23.6 Å². The molecule has 7 heteroatoms. The van der Waals surface area contributed by atoms with Crippen LogP contribution >= 0.6 is 0 Å². The largest absolute Gasteiger partial charge is 0.346 e. The molecule has 140 valence electrons. The molecule has 0 unspecified atom stereocenters. The molecule has 1 atom stereocenters. The Balaban J connectivity index is 1.50. The number of carbonyl (C=O) groups is 2. The van der Waals surface area contributed by atoms with Crippen LogP contribution in [0.15, 0.2) is 24.3 Å². The molecule has 1 saturated heterocycles. The van der Waals surface area contributed by atoms with Crippen molar-refractivity contribution in [3.05, 3.63) is 30.1 Å². The van der Waals surface area contributed by atoms with Crippen molar-refractivity contribution in [2.75, 3.05) is 19.6 Å². The molecule has 1 aliphatic rings. The second kappa shape index (κ2) is 7.86. The summed E-state index contributed by atoms with van der Waals surface area (Å²) in [5.74, 6) is 1.04. The van der Waals surface area contributed by atoms with E-state index >= 15 is 0 Å². The van der Waals surface area contributed by atoms with Gasteiger partial charge in [-0.05, 0) is 30.9 Å². The monoisotopic (exact) mass is 357 g/mol. The SMILES string of the molecule is CC(C)[C@H](N)C(=O)NCC(=O)N1CCC(c2nc3ccccc3[nH]2)CC1. The van der Waals surface area contributed by atoms with Crippen molar-refractivity contribution < 1.29 is 9.59 Å². The van der Waals surface area contributed by atoms with Crippen LogP contribution in [0.3, 0.4) is 0 Å². The van der Waals surface area contributed by atoms with E-state index in [1.807, 2.05) is 38.1 Å². The number of nitrogens with zero attached hydrogens (tertiary/aromatic N) is 2. The fraction of sp³-hybridized carbons (Fsp3) is 0.526. The van der Waals surface area contributed by atoms with Crippen molar-refractivity contribution in [3.63, 3.8) is 0 Å². The molecule has 0 bridgehead atoms. The number of nitrogens with one attached hydrogen (secondary N) is 2. The van der Waals surface area contributed by atoms with E-state index in [1.54, 1.807) is 4.90 Å². The Kier molecular flexibility index (Phi) is 5.56. The van der Waals surface area contributed by atoms with Crippen LogP contribution in [-0.2, 0) is 9.59 Å². The lowest BCUT2D eigenvalue weighted by atomic mass is 9.96. The molecular formula is C19H27N5O2. The summed E-state index contributed by atoms with van der Waals surface area (Å²) in [5.41, 5.74) is 7.82. The minimum absolute atomic E-state index is 0.00849. The number of nitrogens with two attached hydrogens (primary N) is 1. The van der Waals surface area contributed by atoms with Gasteiger partial charge in [-0.1, -0.05) is 26.0 Å². The van der Waals surface area contributed by atoms with Gasteiger partial charge >= 0.3 is 0 Å². The number of hydrogen-bond acceptors (Lipinski definition) is 4. The number of fused-ring (bicyclic) bond motifs is 1. The Bertz CT molecular complexity index is 744. The Hall–Kier alpha value is -2.41. The van der Waals surface area contributed by atoms with Crippen LogP contribution in [0.2, 0.25) is 0 Å². The van der Waals surface area contributed by atoms with Crippen molar-refractivity contribution in [1.82, 2.24) is 20.2 Å². The van der Waals surface area contributed by atoms with Gasteiger partial charge < -0.3 is 20.9 Å². The van der Waals surface area contributed by atoms with Gasteiger partial charge in [0.25, 0.3) is 0 Å². The predicted octanol–water partition coefficient (Wildman–Crippen LogP) is 1.37. The first-order chi connectivity index (χ1) is 12.5. The number of aromatic nitrogens is 2. The number of H-pyrrole nitrogens is 1. The lowest BCUT2D eigenvalue weighted by molar-refractivity contribution is -0.134. The molecule has 7 nitrogen and oxygen atoms in total. The molecule has 4 N–H and O–H groups in total. The Morgan fingerprint density at radius 2 is 2.00 bits per heavy atom. The minimum atomic E-state index is -0.582. The smallest absolute Gasteiger partial charge is 0.241 e. The van der Waals surface area contributed by atoms with Crippen molar-refractivity contribution in [2.45, 2.75) is 38.6 Å². The predicted molar refractivity (Wildman–Crippen MR) is 100 cm³/mol. The highest BCUT2D eigenvalue weighted by molar-refractivity contribution is 5.87. The zero-order valence-corrected chi connectivity index (χ0v) is 15.4. The number of aromatic amines is 1. The van der Waals surface area contributed by atoms with Crippen LogP contribution in [0.1, 0.15) is 38.4 Å². The Morgan fingerprint density at radius 3 is 2.65 bits per heavy atom. The highest BCUT2D eigenvalue weighted by Crippen LogP contribution is 2.27. The first-order valence-electron chi connectivity index (χ1n) is 9.21. The number of carbonyl (C=O) groups excluding carboxylic acids is 2. The number of imidazole rings is 1. The highest BCUT2D eigenvalue weighted by atomic mass is 16.2. The molecule has 1 aliphatic heterocycles. The summed E-state index contributed by atoms with van der Waals surface area (Å²) in [7, 11) is 0. The highest BCUT2D eigenvalue weighted by Gasteiger charge is 2.26. The fourth-order valence-corrected chi connectivity index (χ4v) is 3.26. The number of likely N-dealkylation sites (tertiary alicyclic amines) is 1. The van der Waals surface area contributed by atoms with Gasteiger partial charge in [-0.25, -0.2) is 4.98 Å². The van der Waals surface area contributed by atoms with E-state index in [0.29, 0.717) is 19.0 Å². The summed E-state index contributed by atoms with van der Waals surface area (Å²) in [4.78, 5) is 34.1. The Morgan fingerprint density at radius 1 is 1.31 bits per heavy atom. The van der Waals surface area contributed by atoms with Crippen molar-refractivity contribution >= 4 is 22.8 Å². The Labute approximate surface area is 153 Å². The first kappa shape index (κ1) is 18.4. The van der Waals surface area contributed by atoms with E-state index in [9.17, 15) is 9.59 Å². The van der Waals surface area contributed by atoms with Crippen molar-refractivity contribution in [2.24, 2.45) is 11.7 Å². The van der Waals surface area contributed by atoms with E-state index in [2.05, 4.69) is 15.3 Å². The van der Waals surface area contributed by atoms with Gasteiger partial charge in [0.1, 0.15) is 5.82 Å². The van der Waals surface area contributed by atoms with Gasteiger partial charge in [0.2, 0.25) is 11.8 Å². The van der Waals surface area contributed by atoms with Gasteiger partial charge in [0.15, 0.2) is 0 Å². The zero-order chi connectivity index (χ0) is 18.7. The molecule has 1 aromatic heterocycles. The van der Waals surface area contributed by atoms with E-state index in [0.717, 1.165) is 29.7 Å². The van der Waals surface area contributed by atoms with Crippen LogP contribution < -0.4 is 11.1 Å². The standard InChI is InChI=1S/C19H27N5O2/c1-12(2)17(20)19(26)21-11-16(25)24-9-7-13(8-10-24)18-22-14-5-3-4-6-15(14)23-18/h3-6,12-13,17H,7-11,20H2,1-2H3,(H,21,26)(H,22,23)/t17-/m0/s1. The van der Waals surface area contributed by atoms with E-state index in [-0.39, 0.29) is 24.3 Å². The van der Waals surface area contributed by atoms with E-state index in [1.165, 1.54) is 0 Å². The molecular weight excluding hydrogens is 330 g/mol. The maximum Gasteiger partial charge on any atom is 0.241 e. The lowest BCUT2D eigenvalue weighted by Crippen LogP contribution is -2.49. The average molecular weight is 357 g/mol. The second-order valence-electron chi connectivity index (χ2n) is 7.28. The molecule has 0 radical (unpaired) electrons. The normalized spacial score (nSPS) is 16.8. The average Bonchev–Trinajstić information content (AvgIpc) is 3.09. The third-order valence-corrected chi connectivity index (χ3v) is 5.08. The number of piperidine rings is 1. The van der Waals surface area contributed by atoms with Crippen LogP contribution in [0.4, 0.5) is 0 Å². The van der Waals surface area contributed by atoms with Crippen LogP contribution in [0.25, 0.3) is 11.0 Å². The third kappa shape index (κ3) is 4.04. The summed E-state index contributed by atoms with van der Waals surface area (Å²) in [6, 6.07) is 7.41. The van der Waals surface area contributed by atoms with Gasteiger partial charge in [0, 0.05) is 19.0 Å². The lowest BCUT2D eigenvalue weighted by Gasteiger charge is -2.31. The summed E-state index contributed by atoms with van der Waals surface area (Å²) in [6.45, 7) is 5.12. The molecule has 2 heterocycles. The molecule has 0 spiro atoms. The van der Waals surface area contributed by atoms with Crippen LogP contribution in [0.5, 0.6) is 0 Å². The maximum absolute atomic E-state index is 12.3. The summed E-state index contributed by atoms with van der Waals surface area (Å²) in [5, 5.41) is 2.65. The van der Waals surface area contributed by atoms with E-state index in [4.69, 9.17) is 5.73 Å². The minimum Gasteiger partial charge on any atom is -0.346 e. The van der Waals surface area contributed by atoms with Crippen LogP contribution in [0, 0.1) is 5.92 Å². The summed E-state index contributed by atoms with van der Waals surface area (Å²) >= 11 is 0. The first-order valence-corrected chi connectivity index (χ1v) is 9.21. The van der Waals surface area contributed by atoms with Gasteiger partial charge in [-0.3, -0.25) is 9.59 Å². The molecule has 0 saturated carbocycles. The molecule has 1 aromatic carbocycles. The number of para-hydroxylation sites is 2. The molecule has 26 heavy (non-hydrogen) atoms. The zero-order valence-electron chi connectivity index (χ0n) is 15.4. The van der Waals surface area contributed by atoms with Gasteiger partial charge in [-0.2, -0.15) is 0 Å². The van der Waals surface area contributed by atoms with Gasteiger partial charge in [-0.15, -0.1) is 0 Å². The number of rotatable bonds is 5. The fourth-order valence-electron chi connectivity index (χ4n) is 3.26. The summed E-state index contributed by atoms with van der Waals surface area (Å²) in [6.07, 6.45) is 1.73. The molecule has 0 aliphatic carbocycles. The van der Waals surface area contributed by atoms with Crippen molar-refractivity contribution in [3.8, 4) is 0 Å². The summed E-state index contributed by atoms with van der Waals surface area (Å²) < 4.78 is 0. The topological polar surface area (TPSA) is 104 Å². The maximum atomic E-state index is 12.3. The molecule has 3 rings (SSSR count). The number of benzene rings is 1.